The van der Waals surface area contributed by atoms with Crippen LogP contribution in [-0.2, 0) is 26.7 Å². The minimum Gasteiger partial charge on any atom is -0.282 e. The van der Waals surface area contributed by atoms with Crippen LogP contribution in [0.15, 0.2) is 34.1 Å². The molecule has 0 spiro atoms. The Balaban J connectivity index is 2.82. The molecule has 0 fully saturated rings. The quantitative estimate of drug-likeness (QED) is 0.602. The van der Waals surface area contributed by atoms with Gasteiger partial charge in [-0.3, -0.25) is 9.11 Å². The van der Waals surface area contributed by atoms with Crippen molar-refractivity contribution < 1.29 is 43.5 Å². The fourth-order valence-electron chi connectivity index (χ4n) is 2.14. The third kappa shape index (κ3) is 3.81. The highest BCUT2D eigenvalue weighted by atomic mass is 32.2. The lowest BCUT2D eigenvalue weighted by Crippen LogP contribution is -2.12. The Kier molecular flexibility index (Phi) is 4.92. The van der Waals surface area contributed by atoms with Gasteiger partial charge in [0.25, 0.3) is 20.2 Å². The van der Waals surface area contributed by atoms with Crippen LogP contribution in [0.25, 0.3) is 0 Å². The van der Waals surface area contributed by atoms with E-state index in [1.165, 1.54) is 0 Å². The molecule has 25 heavy (non-hydrogen) atoms. The van der Waals surface area contributed by atoms with Gasteiger partial charge in [0.1, 0.15) is 9.79 Å². The summed E-state index contributed by atoms with van der Waals surface area (Å²) in [6.07, 6.45) is -1.28. The van der Waals surface area contributed by atoms with Gasteiger partial charge in [-0.1, -0.05) is 0 Å². The van der Waals surface area contributed by atoms with Crippen LogP contribution in [0.2, 0.25) is 0 Å². The van der Waals surface area contributed by atoms with Gasteiger partial charge in [0.05, 0.1) is 0 Å². The molecule has 0 amide bonds. The molecule has 0 saturated carbocycles. The monoisotopic (exact) mass is 400 g/mol. The van der Waals surface area contributed by atoms with E-state index in [4.69, 9.17) is 9.11 Å². The maximum atomic E-state index is 14.0. The Morgan fingerprint density at radius 1 is 0.680 bits per heavy atom. The average molecular weight is 400 g/mol. The molecule has 2 rings (SSSR count). The van der Waals surface area contributed by atoms with Crippen molar-refractivity contribution in [2.75, 3.05) is 0 Å². The third-order valence-electron chi connectivity index (χ3n) is 3.22. The van der Waals surface area contributed by atoms with Crippen LogP contribution in [0.3, 0.4) is 0 Å². The van der Waals surface area contributed by atoms with Gasteiger partial charge >= 0.3 is 0 Å². The summed E-state index contributed by atoms with van der Waals surface area (Å²) in [6.45, 7) is 0. The number of rotatable bonds is 4. The van der Waals surface area contributed by atoms with Crippen LogP contribution in [0.1, 0.15) is 11.1 Å². The molecule has 0 radical (unpaired) electrons. The molecule has 0 aliphatic carbocycles. The van der Waals surface area contributed by atoms with Crippen LogP contribution in [0.5, 0.6) is 0 Å². The fourth-order valence-corrected chi connectivity index (χ4v) is 3.57. The SMILES string of the molecule is O=S(=O)(O)c1ccc(F)c(F)c1Cc1c(S(=O)(=O)O)ccc(F)c1F. The predicted octanol–water partition coefficient (Wildman–Crippen LogP) is 2.33. The Morgan fingerprint density at radius 2 is 1.00 bits per heavy atom. The lowest BCUT2D eigenvalue weighted by molar-refractivity contribution is 0.465. The molecular weight excluding hydrogens is 392 g/mol. The van der Waals surface area contributed by atoms with Gasteiger partial charge in [0.2, 0.25) is 0 Å². The smallest absolute Gasteiger partial charge is 0.282 e. The molecular formula is C13H8F4O6S2. The topological polar surface area (TPSA) is 109 Å². The minimum absolute atomic E-state index is 0.369. The maximum Gasteiger partial charge on any atom is 0.294 e. The first kappa shape index (κ1) is 19.3. The molecule has 0 aromatic heterocycles. The first-order valence-corrected chi connectivity index (χ1v) is 9.10. The van der Waals surface area contributed by atoms with Crippen LogP contribution >= 0.6 is 0 Å². The molecule has 2 aromatic rings. The summed E-state index contributed by atoms with van der Waals surface area (Å²) >= 11 is 0. The van der Waals surface area contributed by atoms with Crippen LogP contribution < -0.4 is 0 Å². The van der Waals surface area contributed by atoms with Gasteiger partial charge in [-0.05, 0) is 24.3 Å². The predicted molar refractivity (Wildman–Crippen MR) is 75.2 cm³/mol. The Morgan fingerprint density at radius 3 is 1.28 bits per heavy atom. The molecule has 0 aliphatic heterocycles. The molecule has 0 atom stereocenters. The van der Waals surface area contributed by atoms with Crippen molar-refractivity contribution >= 4 is 20.2 Å². The van der Waals surface area contributed by atoms with E-state index in [9.17, 15) is 34.4 Å². The lowest BCUT2D eigenvalue weighted by Gasteiger charge is -2.13. The van der Waals surface area contributed by atoms with E-state index in [1.807, 2.05) is 0 Å². The summed E-state index contributed by atoms with van der Waals surface area (Å²) in [5.41, 5.74) is -2.28. The summed E-state index contributed by atoms with van der Waals surface area (Å²) in [6, 6.07) is 1.67. The number of halogens is 4. The molecule has 136 valence electrons. The Bertz CT molecular complexity index is 979. The molecule has 0 bridgehead atoms. The van der Waals surface area contributed by atoms with Crippen molar-refractivity contribution in [2.24, 2.45) is 0 Å². The van der Waals surface area contributed by atoms with Gasteiger partial charge in [0, 0.05) is 17.5 Å². The van der Waals surface area contributed by atoms with Crippen LogP contribution in [0, 0.1) is 23.3 Å². The molecule has 12 heteroatoms. The molecule has 2 N–H and O–H groups in total. The molecule has 0 aliphatic rings. The van der Waals surface area contributed by atoms with Gasteiger partial charge in [0.15, 0.2) is 23.3 Å². The highest BCUT2D eigenvalue weighted by molar-refractivity contribution is 7.86. The lowest BCUT2D eigenvalue weighted by atomic mass is 10.0. The zero-order valence-corrected chi connectivity index (χ0v) is 13.5. The number of hydrogen-bond acceptors (Lipinski definition) is 4. The second kappa shape index (κ2) is 6.37. The van der Waals surface area contributed by atoms with Gasteiger partial charge < -0.3 is 0 Å². The molecule has 0 unspecified atom stereocenters. The maximum absolute atomic E-state index is 14.0. The number of hydrogen-bond donors (Lipinski definition) is 2. The zero-order chi connectivity index (χ0) is 19.2. The van der Waals surface area contributed by atoms with Gasteiger partial charge in [-0.25, -0.2) is 17.6 Å². The largest absolute Gasteiger partial charge is 0.294 e. The first-order chi connectivity index (χ1) is 11.3. The normalized spacial score (nSPS) is 12.4. The van der Waals surface area contributed by atoms with Crippen molar-refractivity contribution in [3.8, 4) is 0 Å². The second-order valence-electron chi connectivity index (χ2n) is 4.80. The molecule has 0 saturated heterocycles. The Labute approximate surface area is 139 Å². The second-order valence-corrected chi connectivity index (χ2v) is 7.58. The summed E-state index contributed by atoms with van der Waals surface area (Å²) in [5, 5.41) is 0. The van der Waals surface area contributed by atoms with E-state index >= 15 is 0 Å². The third-order valence-corrected chi connectivity index (χ3v) is 5.09. The van der Waals surface area contributed by atoms with E-state index < -0.39 is 70.8 Å². The average Bonchev–Trinajstić information content (AvgIpc) is 2.46. The van der Waals surface area contributed by atoms with Gasteiger partial charge in [-0.15, -0.1) is 0 Å². The van der Waals surface area contributed by atoms with E-state index in [0.717, 1.165) is 0 Å². The van der Waals surface area contributed by atoms with E-state index in [-0.39, 0.29) is 0 Å². The van der Waals surface area contributed by atoms with Crippen molar-refractivity contribution in [3.05, 3.63) is 58.7 Å². The summed E-state index contributed by atoms with van der Waals surface area (Å²) in [5.74, 6) is -6.79. The van der Waals surface area contributed by atoms with E-state index in [2.05, 4.69) is 0 Å². The van der Waals surface area contributed by atoms with E-state index in [1.54, 1.807) is 0 Å². The summed E-state index contributed by atoms with van der Waals surface area (Å²) in [4.78, 5) is -2.34. The van der Waals surface area contributed by atoms with Crippen LogP contribution in [-0.4, -0.2) is 25.9 Å². The summed E-state index contributed by atoms with van der Waals surface area (Å²) < 4.78 is 118. The molecule has 6 nitrogen and oxygen atoms in total. The fraction of sp³-hybridized carbons (Fsp3) is 0.0769. The molecule has 0 heterocycles. The highest BCUT2D eigenvalue weighted by Crippen LogP contribution is 2.29. The summed E-state index contributed by atoms with van der Waals surface area (Å²) in [7, 11) is -10.2. The van der Waals surface area contributed by atoms with Gasteiger partial charge in [-0.2, -0.15) is 16.8 Å². The Hall–Kier alpha value is -2.02. The van der Waals surface area contributed by atoms with Crippen molar-refractivity contribution in [1.82, 2.24) is 0 Å². The van der Waals surface area contributed by atoms with Crippen molar-refractivity contribution in [1.29, 1.82) is 0 Å². The highest BCUT2D eigenvalue weighted by Gasteiger charge is 2.27. The van der Waals surface area contributed by atoms with E-state index in [0.29, 0.717) is 24.3 Å². The minimum atomic E-state index is -5.10. The zero-order valence-electron chi connectivity index (χ0n) is 11.9. The standard InChI is InChI=1S/C13H8F4O6S2/c14-8-1-3-10(24(18,19)20)6(12(8)16)5-7-11(25(21,22)23)4-2-9(15)13(7)17/h1-4H,5H2,(H,18,19,20)(H,21,22,23). The molecule has 2 aromatic carbocycles. The first-order valence-electron chi connectivity index (χ1n) is 6.22. The number of benzene rings is 2. The van der Waals surface area contributed by atoms with Crippen molar-refractivity contribution in [3.63, 3.8) is 0 Å². The van der Waals surface area contributed by atoms with Crippen LogP contribution in [0.4, 0.5) is 17.6 Å². The van der Waals surface area contributed by atoms with Crippen molar-refractivity contribution in [2.45, 2.75) is 16.2 Å².